The summed E-state index contributed by atoms with van der Waals surface area (Å²) in [6.45, 7) is 8.04. The highest BCUT2D eigenvalue weighted by Gasteiger charge is 2.37. The molecule has 0 aliphatic carbocycles. The molecule has 1 aliphatic rings. The van der Waals surface area contributed by atoms with Crippen LogP contribution in [0.3, 0.4) is 0 Å². The predicted octanol–water partition coefficient (Wildman–Crippen LogP) is 1.13. The van der Waals surface area contributed by atoms with Crippen LogP contribution in [0.15, 0.2) is 23.1 Å². The lowest BCUT2D eigenvalue weighted by Gasteiger charge is -2.23. The number of benzene rings is 1. The standard InChI is InChI=1S/C17H25N3O4S/c1-5-18-17(22)16-11-13-10-14(25(23,24)19(6-2)7-3)8-9-15(13)20(16)12(4)21/h8-10,16H,5-7,11H2,1-4H3,(H,18,22). The number of amides is 2. The molecule has 1 aromatic carbocycles. The average molecular weight is 367 g/mol. The number of anilines is 1. The number of sulfonamides is 1. The van der Waals surface area contributed by atoms with Crippen LogP contribution < -0.4 is 10.2 Å². The van der Waals surface area contributed by atoms with Crippen molar-refractivity contribution < 1.29 is 18.0 Å². The minimum Gasteiger partial charge on any atom is -0.355 e. The summed E-state index contributed by atoms with van der Waals surface area (Å²) in [7, 11) is -3.58. The van der Waals surface area contributed by atoms with Gasteiger partial charge in [-0.15, -0.1) is 0 Å². The summed E-state index contributed by atoms with van der Waals surface area (Å²) in [4.78, 5) is 25.9. The highest BCUT2D eigenvalue weighted by Crippen LogP contribution is 2.34. The molecule has 25 heavy (non-hydrogen) atoms. The molecule has 1 aromatic rings. The van der Waals surface area contributed by atoms with Gasteiger partial charge in [-0.2, -0.15) is 4.31 Å². The molecule has 138 valence electrons. The molecule has 2 amide bonds. The highest BCUT2D eigenvalue weighted by molar-refractivity contribution is 7.89. The van der Waals surface area contributed by atoms with Gasteiger partial charge in [-0.3, -0.25) is 14.5 Å². The van der Waals surface area contributed by atoms with E-state index < -0.39 is 16.1 Å². The molecule has 1 N–H and O–H groups in total. The number of carbonyl (C=O) groups excluding carboxylic acids is 2. The summed E-state index contributed by atoms with van der Waals surface area (Å²) in [5.74, 6) is -0.476. The minimum atomic E-state index is -3.58. The Morgan fingerprint density at radius 2 is 1.88 bits per heavy atom. The molecule has 7 nitrogen and oxygen atoms in total. The third kappa shape index (κ3) is 3.55. The van der Waals surface area contributed by atoms with Crippen LogP contribution in [-0.2, 0) is 26.0 Å². The summed E-state index contributed by atoms with van der Waals surface area (Å²) in [6.07, 6.45) is 0.308. The number of likely N-dealkylation sites (N-methyl/N-ethyl adjacent to an activating group) is 1. The predicted molar refractivity (Wildman–Crippen MR) is 95.9 cm³/mol. The first kappa shape index (κ1) is 19.4. The maximum Gasteiger partial charge on any atom is 0.243 e. The second kappa shape index (κ2) is 7.53. The van der Waals surface area contributed by atoms with Crippen molar-refractivity contribution >= 4 is 27.5 Å². The number of rotatable bonds is 6. The molecule has 0 radical (unpaired) electrons. The molecule has 0 saturated heterocycles. The van der Waals surface area contributed by atoms with Crippen LogP contribution in [0.1, 0.15) is 33.3 Å². The second-order valence-corrected chi connectivity index (χ2v) is 7.82. The van der Waals surface area contributed by atoms with E-state index in [2.05, 4.69) is 5.32 Å². The van der Waals surface area contributed by atoms with Gasteiger partial charge in [0.2, 0.25) is 21.8 Å². The van der Waals surface area contributed by atoms with Crippen LogP contribution >= 0.6 is 0 Å². The number of nitrogens with one attached hydrogen (secondary N) is 1. The summed E-state index contributed by atoms with van der Waals surface area (Å²) in [5.41, 5.74) is 1.29. The molecule has 1 heterocycles. The Kier molecular flexibility index (Phi) is 5.84. The van der Waals surface area contributed by atoms with Gasteiger partial charge in [0.25, 0.3) is 0 Å². The largest absolute Gasteiger partial charge is 0.355 e. The lowest BCUT2D eigenvalue weighted by Crippen LogP contribution is -2.47. The van der Waals surface area contributed by atoms with Crippen molar-refractivity contribution in [2.75, 3.05) is 24.5 Å². The van der Waals surface area contributed by atoms with Crippen molar-refractivity contribution in [2.24, 2.45) is 0 Å². The molecule has 8 heteroatoms. The molecule has 0 spiro atoms. The van der Waals surface area contributed by atoms with Gasteiger partial charge in [-0.05, 0) is 30.7 Å². The molecule has 1 atom stereocenters. The third-order valence-electron chi connectivity index (χ3n) is 4.37. The van der Waals surface area contributed by atoms with Crippen LogP contribution in [0.4, 0.5) is 5.69 Å². The Morgan fingerprint density at radius 3 is 2.40 bits per heavy atom. The van der Waals surface area contributed by atoms with E-state index in [1.807, 2.05) is 6.92 Å². The molecule has 1 unspecified atom stereocenters. The quantitative estimate of drug-likeness (QED) is 0.817. The maximum absolute atomic E-state index is 12.7. The first-order valence-corrected chi connectivity index (χ1v) is 9.92. The van der Waals surface area contributed by atoms with Gasteiger partial charge in [0, 0.05) is 38.7 Å². The summed E-state index contributed by atoms with van der Waals surface area (Å²) >= 11 is 0. The van der Waals surface area contributed by atoms with E-state index in [4.69, 9.17) is 0 Å². The van der Waals surface area contributed by atoms with Crippen LogP contribution in [0.5, 0.6) is 0 Å². The van der Waals surface area contributed by atoms with Gasteiger partial charge in [-0.1, -0.05) is 13.8 Å². The second-order valence-electron chi connectivity index (χ2n) is 5.88. The first-order valence-electron chi connectivity index (χ1n) is 8.48. The third-order valence-corrected chi connectivity index (χ3v) is 6.42. The number of nitrogens with zero attached hydrogens (tertiary/aromatic N) is 2. The van der Waals surface area contributed by atoms with Crippen LogP contribution in [-0.4, -0.2) is 50.2 Å². The lowest BCUT2D eigenvalue weighted by atomic mass is 10.1. The van der Waals surface area contributed by atoms with E-state index in [1.165, 1.54) is 22.2 Å². The molecule has 0 fully saturated rings. The van der Waals surface area contributed by atoms with E-state index in [0.717, 1.165) is 0 Å². The molecule has 0 aromatic heterocycles. The zero-order valence-electron chi connectivity index (χ0n) is 15.1. The Balaban J connectivity index is 2.44. The molecule has 0 bridgehead atoms. The van der Waals surface area contributed by atoms with Crippen molar-refractivity contribution in [2.45, 2.75) is 45.1 Å². The molecule has 2 rings (SSSR count). The van der Waals surface area contributed by atoms with Crippen molar-refractivity contribution in [3.63, 3.8) is 0 Å². The topological polar surface area (TPSA) is 86.8 Å². The van der Waals surface area contributed by atoms with Gasteiger partial charge >= 0.3 is 0 Å². The van der Waals surface area contributed by atoms with E-state index in [0.29, 0.717) is 37.3 Å². The zero-order valence-corrected chi connectivity index (χ0v) is 15.9. The lowest BCUT2D eigenvalue weighted by molar-refractivity contribution is -0.125. The molecular weight excluding hydrogens is 342 g/mol. The fourth-order valence-electron chi connectivity index (χ4n) is 3.19. The van der Waals surface area contributed by atoms with E-state index in [-0.39, 0.29) is 16.7 Å². The maximum atomic E-state index is 12.7. The molecule has 0 saturated carbocycles. The van der Waals surface area contributed by atoms with Crippen LogP contribution in [0.2, 0.25) is 0 Å². The summed E-state index contributed by atoms with van der Waals surface area (Å²) in [6, 6.07) is 4.06. The van der Waals surface area contributed by atoms with Gasteiger partial charge in [0.1, 0.15) is 6.04 Å². The summed E-state index contributed by atoms with van der Waals surface area (Å²) < 4.78 is 26.8. The van der Waals surface area contributed by atoms with E-state index in [1.54, 1.807) is 26.0 Å². The van der Waals surface area contributed by atoms with Crippen molar-refractivity contribution in [3.8, 4) is 0 Å². The molecular formula is C17H25N3O4S. The Bertz CT molecular complexity index is 772. The Labute approximate surface area is 149 Å². The Morgan fingerprint density at radius 1 is 1.24 bits per heavy atom. The number of hydrogen-bond acceptors (Lipinski definition) is 4. The smallest absolute Gasteiger partial charge is 0.243 e. The van der Waals surface area contributed by atoms with Crippen molar-refractivity contribution in [1.29, 1.82) is 0 Å². The van der Waals surface area contributed by atoms with Gasteiger partial charge in [-0.25, -0.2) is 8.42 Å². The number of fused-ring (bicyclic) bond motifs is 1. The first-order chi connectivity index (χ1) is 11.8. The SMILES string of the molecule is CCNC(=O)C1Cc2cc(S(=O)(=O)N(CC)CC)ccc2N1C(C)=O. The van der Waals surface area contributed by atoms with Crippen LogP contribution in [0, 0.1) is 0 Å². The van der Waals surface area contributed by atoms with Crippen LogP contribution in [0.25, 0.3) is 0 Å². The minimum absolute atomic E-state index is 0.190. The Hall–Kier alpha value is -1.93. The van der Waals surface area contributed by atoms with Gasteiger partial charge in [0.05, 0.1) is 4.90 Å². The normalized spacial score (nSPS) is 16.8. The number of hydrogen-bond donors (Lipinski definition) is 1. The van der Waals surface area contributed by atoms with Crippen molar-refractivity contribution in [1.82, 2.24) is 9.62 Å². The summed E-state index contributed by atoms with van der Waals surface area (Å²) in [5, 5.41) is 2.73. The van der Waals surface area contributed by atoms with Gasteiger partial charge in [0.15, 0.2) is 0 Å². The number of carbonyl (C=O) groups is 2. The van der Waals surface area contributed by atoms with Gasteiger partial charge < -0.3 is 5.32 Å². The van der Waals surface area contributed by atoms with E-state index in [9.17, 15) is 18.0 Å². The monoisotopic (exact) mass is 367 g/mol. The highest BCUT2D eigenvalue weighted by atomic mass is 32.2. The molecule has 1 aliphatic heterocycles. The van der Waals surface area contributed by atoms with E-state index >= 15 is 0 Å². The average Bonchev–Trinajstić information content (AvgIpc) is 2.94. The van der Waals surface area contributed by atoms with Crippen molar-refractivity contribution in [3.05, 3.63) is 23.8 Å². The zero-order chi connectivity index (χ0) is 18.8. The fraction of sp³-hybridized carbons (Fsp3) is 0.529. The fourth-order valence-corrected chi connectivity index (χ4v) is 4.70.